The molecule has 1 aromatic heterocycles. The molecule has 6 nitrogen and oxygen atoms in total. The van der Waals surface area contributed by atoms with Crippen LogP contribution >= 0.6 is 0 Å². The fourth-order valence-corrected chi connectivity index (χ4v) is 3.88. The molecular formula is C10H18N4O2S. The second kappa shape index (κ2) is 4.40. The zero-order valence-electron chi connectivity index (χ0n) is 10.4. The quantitative estimate of drug-likeness (QED) is 0.733. The number of sulfonamides is 1. The zero-order valence-corrected chi connectivity index (χ0v) is 11.2. The van der Waals surface area contributed by atoms with Gasteiger partial charge in [0.2, 0.25) is 5.16 Å². The van der Waals surface area contributed by atoms with Crippen molar-refractivity contribution in [1.82, 2.24) is 18.8 Å². The first kappa shape index (κ1) is 12.5. The average Bonchev–Trinajstić information content (AvgIpc) is 2.64. The summed E-state index contributed by atoms with van der Waals surface area (Å²) in [4.78, 5) is 6.07. The first-order chi connectivity index (χ1) is 7.93. The lowest BCUT2D eigenvalue weighted by atomic mass is 10.2. The highest BCUT2D eigenvalue weighted by Gasteiger charge is 2.34. The van der Waals surface area contributed by atoms with Crippen molar-refractivity contribution in [3.8, 4) is 0 Å². The summed E-state index contributed by atoms with van der Waals surface area (Å²) in [5.74, 6) is 0. The molecule has 0 amide bonds. The van der Waals surface area contributed by atoms with E-state index in [1.165, 1.54) is 10.5 Å². The maximum atomic E-state index is 12.4. The summed E-state index contributed by atoms with van der Waals surface area (Å²) < 4.78 is 27.9. The van der Waals surface area contributed by atoms with Gasteiger partial charge in [-0.3, -0.25) is 0 Å². The molecule has 7 heteroatoms. The van der Waals surface area contributed by atoms with Crippen molar-refractivity contribution in [1.29, 1.82) is 0 Å². The van der Waals surface area contributed by atoms with Crippen molar-refractivity contribution in [2.45, 2.75) is 18.1 Å². The molecule has 0 saturated carbocycles. The van der Waals surface area contributed by atoms with Crippen LogP contribution in [-0.4, -0.2) is 59.9 Å². The number of hydrogen-bond acceptors (Lipinski definition) is 4. The van der Waals surface area contributed by atoms with Crippen molar-refractivity contribution >= 4 is 10.0 Å². The van der Waals surface area contributed by atoms with Gasteiger partial charge in [0, 0.05) is 45.1 Å². The standard InChI is InChI=1S/C10H18N4O2S/c1-9-8-12(2)6-7-14(9)17(15,16)10-11-4-5-13(10)3/h4-5,9H,6-8H2,1-3H3. The third kappa shape index (κ3) is 2.22. The number of hydrogen-bond donors (Lipinski definition) is 0. The molecule has 1 unspecified atom stereocenters. The van der Waals surface area contributed by atoms with Crippen LogP contribution in [0.15, 0.2) is 17.6 Å². The van der Waals surface area contributed by atoms with E-state index >= 15 is 0 Å². The second-order valence-corrected chi connectivity index (χ2v) is 6.33. The van der Waals surface area contributed by atoms with Gasteiger partial charge in [0.1, 0.15) is 0 Å². The summed E-state index contributed by atoms with van der Waals surface area (Å²) in [6.07, 6.45) is 3.15. The normalized spacial score (nSPS) is 24.1. The van der Waals surface area contributed by atoms with Gasteiger partial charge in [-0.15, -0.1) is 0 Å². The van der Waals surface area contributed by atoms with E-state index in [1.54, 1.807) is 17.8 Å². The van der Waals surface area contributed by atoms with Crippen LogP contribution in [0.5, 0.6) is 0 Å². The molecule has 0 radical (unpaired) electrons. The molecule has 1 aliphatic heterocycles. The Morgan fingerprint density at radius 1 is 1.35 bits per heavy atom. The molecule has 1 saturated heterocycles. The predicted octanol–water partition coefficient (Wildman–Crippen LogP) is -0.255. The molecule has 96 valence electrons. The number of piperazine rings is 1. The Morgan fingerprint density at radius 2 is 2.06 bits per heavy atom. The molecule has 2 heterocycles. The number of likely N-dealkylation sites (N-methyl/N-ethyl adjacent to an activating group) is 1. The Bertz CT molecular complexity index is 496. The van der Waals surface area contributed by atoms with Crippen molar-refractivity contribution < 1.29 is 8.42 Å². The van der Waals surface area contributed by atoms with Gasteiger partial charge in [-0.25, -0.2) is 13.4 Å². The monoisotopic (exact) mass is 258 g/mol. The molecule has 0 bridgehead atoms. The van der Waals surface area contributed by atoms with Gasteiger partial charge < -0.3 is 9.47 Å². The average molecular weight is 258 g/mol. The zero-order chi connectivity index (χ0) is 12.6. The third-order valence-corrected chi connectivity index (χ3v) is 5.10. The van der Waals surface area contributed by atoms with E-state index in [9.17, 15) is 8.42 Å². The van der Waals surface area contributed by atoms with Crippen LogP contribution in [0.4, 0.5) is 0 Å². The molecule has 17 heavy (non-hydrogen) atoms. The Hall–Kier alpha value is -0.920. The van der Waals surface area contributed by atoms with Crippen molar-refractivity contribution in [2.24, 2.45) is 7.05 Å². The van der Waals surface area contributed by atoms with E-state index in [0.717, 1.165) is 13.1 Å². The topological polar surface area (TPSA) is 58.4 Å². The molecule has 2 rings (SSSR count). The molecular weight excluding hydrogens is 240 g/mol. The number of nitrogens with zero attached hydrogens (tertiary/aromatic N) is 4. The molecule has 0 aromatic carbocycles. The maximum absolute atomic E-state index is 12.4. The van der Waals surface area contributed by atoms with E-state index in [2.05, 4.69) is 9.88 Å². The Balaban J connectivity index is 2.31. The van der Waals surface area contributed by atoms with Crippen LogP contribution in [0.3, 0.4) is 0 Å². The molecule has 0 spiro atoms. The largest absolute Gasteiger partial charge is 0.324 e. The van der Waals surface area contributed by atoms with Gasteiger partial charge in [0.15, 0.2) is 0 Å². The molecule has 1 aromatic rings. The minimum absolute atomic E-state index is 0.0181. The second-order valence-electron chi connectivity index (χ2n) is 4.55. The number of aromatic nitrogens is 2. The minimum atomic E-state index is -3.46. The first-order valence-corrected chi connectivity index (χ1v) is 7.04. The van der Waals surface area contributed by atoms with E-state index in [0.29, 0.717) is 6.54 Å². The van der Waals surface area contributed by atoms with Crippen LogP contribution < -0.4 is 0 Å². The predicted molar refractivity (Wildman–Crippen MR) is 64.1 cm³/mol. The summed E-state index contributed by atoms with van der Waals surface area (Å²) in [6, 6.07) is -0.0181. The van der Waals surface area contributed by atoms with Gasteiger partial charge in [-0.2, -0.15) is 4.31 Å². The fourth-order valence-electron chi connectivity index (χ4n) is 2.19. The Kier molecular flexibility index (Phi) is 3.24. The lowest BCUT2D eigenvalue weighted by Gasteiger charge is -2.36. The highest BCUT2D eigenvalue weighted by atomic mass is 32.2. The van der Waals surface area contributed by atoms with Crippen LogP contribution in [0.2, 0.25) is 0 Å². The summed E-state index contributed by atoms with van der Waals surface area (Å²) in [5, 5.41) is 0.119. The van der Waals surface area contributed by atoms with Crippen molar-refractivity contribution in [2.75, 3.05) is 26.7 Å². The van der Waals surface area contributed by atoms with Crippen molar-refractivity contribution in [3.05, 3.63) is 12.4 Å². The molecule has 1 aliphatic rings. The summed E-state index contributed by atoms with van der Waals surface area (Å²) in [6.45, 7) is 3.96. The Labute approximate surface area is 102 Å². The fraction of sp³-hybridized carbons (Fsp3) is 0.700. The summed E-state index contributed by atoms with van der Waals surface area (Å²) >= 11 is 0. The smallest absolute Gasteiger partial charge is 0.277 e. The van der Waals surface area contributed by atoms with Gasteiger partial charge in [0.05, 0.1) is 0 Å². The molecule has 1 fully saturated rings. The van der Waals surface area contributed by atoms with Gasteiger partial charge >= 0.3 is 0 Å². The highest BCUT2D eigenvalue weighted by molar-refractivity contribution is 7.89. The van der Waals surface area contributed by atoms with Crippen LogP contribution in [-0.2, 0) is 17.1 Å². The van der Waals surface area contributed by atoms with Gasteiger partial charge in [-0.1, -0.05) is 0 Å². The lowest BCUT2D eigenvalue weighted by Crippen LogP contribution is -2.52. The van der Waals surface area contributed by atoms with Gasteiger partial charge in [0.25, 0.3) is 10.0 Å². The molecule has 1 atom stereocenters. The molecule has 0 N–H and O–H groups in total. The number of rotatable bonds is 2. The van der Waals surface area contributed by atoms with Crippen LogP contribution in [0.25, 0.3) is 0 Å². The van der Waals surface area contributed by atoms with Crippen LogP contribution in [0.1, 0.15) is 6.92 Å². The summed E-state index contributed by atoms with van der Waals surface area (Å²) in [7, 11) is 0.233. The van der Waals surface area contributed by atoms with Crippen molar-refractivity contribution in [3.63, 3.8) is 0 Å². The van der Waals surface area contributed by atoms with E-state index in [-0.39, 0.29) is 11.2 Å². The lowest BCUT2D eigenvalue weighted by molar-refractivity contribution is 0.169. The molecule has 0 aliphatic carbocycles. The Morgan fingerprint density at radius 3 is 2.59 bits per heavy atom. The minimum Gasteiger partial charge on any atom is -0.324 e. The summed E-state index contributed by atoms with van der Waals surface area (Å²) in [5.41, 5.74) is 0. The SMILES string of the molecule is CC1CN(C)CCN1S(=O)(=O)c1nccn1C. The maximum Gasteiger partial charge on any atom is 0.277 e. The van der Waals surface area contributed by atoms with E-state index < -0.39 is 10.0 Å². The third-order valence-electron chi connectivity index (χ3n) is 3.09. The van der Waals surface area contributed by atoms with Crippen LogP contribution in [0, 0.1) is 0 Å². The number of aryl methyl sites for hydroxylation is 1. The van der Waals surface area contributed by atoms with E-state index in [1.807, 2.05) is 14.0 Å². The number of imidazole rings is 1. The first-order valence-electron chi connectivity index (χ1n) is 5.60. The highest BCUT2D eigenvalue weighted by Crippen LogP contribution is 2.18. The van der Waals surface area contributed by atoms with E-state index in [4.69, 9.17) is 0 Å². The van der Waals surface area contributed by atoms with Gasteiger partial charge in [-0.05, 0) is 14.0 Å².